The van der Waals surface area contributed by atoms with E-state index in [-0.39, 0.29) is 17.9 Å². The number of likely N-dealkylation sites (tertiary alicyclic amines) is 1. The molecule has 0 atom stereocenters. The van der Waals surface area contributed by atoms with Crippen LogP contribution in [0.15, 0.2) is 24.5 Å². The minimum atomic E-state index is -0.0508. The number of hydrogen-bond acceptors (Lipinski definition) is 4. The third-order valence-electron chi connectivity index (χ3n) is 4.27. The van der Waals surface area contributed by atoms with Gasteiger partial charge in [0.15, 0.2) is 0 Å². The van der Waals surface area contributed by atoms with Gasteiger partial charge in [0.05, 0.1) is 6.04 Å². The smallest absolute Gasteiger partial charge is 0.272 e. The lowest BCUT2D eigenvalue weighted by molar-refractivity contribution is 0.0233. The molecule has 3 heterocycles. The van der Waals surface area contributed by atoms with Gasteiger partial charge in [-0.3, -0.25) is 19.0 Å². The molecule has 0 radical (unpaired) electrons. The Kier molecular flexibility index (Phi) is 3.89. The maximum Gasteiger partial charge on any atom is 0.272 e. The first-order valence-electron chi connectivity index (χ1n) is 7.59. The normalized spacial score (nSPS) is 14.7. The standard InChI is InChI=1S/C15H20N6O2/c1-4-21(15(23)13-6-8-17-19(13)3)11-9-20(10-11)14(22)12-5-7-16-18(12)2/h5-8,11H,4,9-10H2,1-3H3. The number of rotatable bonds is 4. The van der Waals surface area contributed by atoms with E-state index in [2.05, 4.69) is 10.2 Å². The van der Waals surface area contributed by atoms with Gasteiger partial charge in [0, 0.05) is 46.1 Å². The van der Waals surface area contributed by atoms with Gasteiger partial charge in [-0.05, 0) is 19.1 Å². The SMILES string of the molecule is CCN(C(=O)c1ccnn1C)C1CN(C(=O)c2ccnn2C)C1. The molecule has 1 saturated heterocycles. The van der Waals surface area contributed by atoms with Crippen LogP contribution in [0.1, 0.15) is 27.9 Å². The van der Waals surface area contributed by atoms with Crippen molar-refractivity contribution in [3.05, 3.63) is 35.9 Å². The van der Waals surface area contributed by atoms with Crippen LogP contribution in [0.25, 0.3) is 0 Å². The predicted molar refractivity (Wildman–Crippen MR) is 82.8 cm³/mol. The molecule has 122 valence electrons. The Bertz CT molecular complexity index is 728. The molecule has 3 rings (SSSR count). The van der Waals surface area contributed by atoms with E-state index in [1.54, 1.807) is 57.8 Å². The zero-order valence-electron chi connectivity index (χ0n) is 13.5. The zero-order valence-corrected chi connectivity index (χ0v) is 13.5. The number of aromatic nitrogens is 4. The molecule has 0 saturated carbocycles. The Morgan fingerprint density at radius 3 is 2.17 bits per heavy atom. The quantitative estimate of drug-likeness (QED) is 0.804. The van der Waals surface area contributed by atoms with Crippen LogP contribution in [0.3, 0.4) is 0 Å². The molecular formula is C15H20N6O2. The monoisotopic (exact) mass is 316 g/mol. The molecule has 0 aromatic carbocycles. The summed E-state index contributed by atoms with van der Waals surface area (Å²) in [7, 11) is 3.49. The topological polar surface area (TPSA) is 76.3 Å². The highest BCUT2D eigenvalue weighted by molar-refractivity contribution is 5.94. The van der Waals surface area contributed by atoms with Crippen LogP contribution in [0.5, 0.6) is 0 Å². The van der Waals surface area contributed by atoms with Crippen LogP contribution in [-0.2, 0) is 14.1 Å². The minimum absolute atomic E-state index is 0.0413. The van der Waals surface area contributed by atoms with Gasteiger partial charge in [-0.2, -0.15) is 10.2 Å². The van der Waals surface area contributed by atoms with Crippen molar-refractivity contribution < 1.29 is 9.59 Å². The third kappa shape index (κ3) is 2.60. The molecule has 0 N–H and O–H groups in total. The van der Waals surface area contributed by atoms with Crippen molar-refractivity contribution in [1.29, 1.82) is 0 Å². The van der Waals surface area contributed by atoms with Crippen molar-refractivity contribution >= 4 is 11.8 Å². The number of amides is 2. The van der Waals surface area contributed by atoms with E-state index in [9.17, 15) is 9.59 Å². The van der Waals surface area contributed by atoms with Gasteiger partial charge in [0.1, 0.15) is 11.4 Å². The van der Waals surface area contributed by atoms with E-state index in [0.717, 1.165) is 0 Å². The van der Waals surface area contributed by atoms with Crippen molar-refractivity contribution in [2.75, 3.05) is 19.6 Å². The average molecular weight is 316 g/mol. The summed E-state index contributed by atoms with van der Waals surface area (Å²) in [5.41, 5.74) is 1.12. The van der Waals surface area contributed by atoms with Gasteiger partial charge in [0.25, 0.3) is 11.8 Å². The number of nitrogens with zero attached hydrogens (tertiary/aromatic N) is 6. The Balaban J connectivity index is 1.65. The number of carbonyl (C=O) groups is 2. The van der Waals surface area contributed by atoms with Crippen LogP contribution < -0.4 is 0 Å². The maximum absolute atomic E-state index is 12.6. The van der Waals surface area contributed by atoms with Gasteiger partial charge >= 0.3 is 0 Å². The Morgan fingerprint density at radius 2 is 1.70 bits per heavy atom. The van der Waals surface area contributed by atoms with Crippen LogP contribution in [0.4, 0.5) is 0 Å². The molecule has 0 aliphatic carbocycles. The summed E-state index contributed by atoms with van der Waals surface area (Å²) in [6.45, 7) is 3.63. The van der Waals surface area contributed by atoms with Crippen molar-refractivity contribution in [2.45, 2.75) is 13.0 Å². The average Bonchev–Trinajstić information content (AvgIpc) is 3.09. The van der Waals surface area contributed by atoms with Crippen LogP contribution in [0.2, 0.25) is 0 Å². The molecule has 8 nitrogen and oxygen atoms in total. The molecule has 2 amide bonds. The Morgan fingerprint density at radius 1 is 1.13 bits per heavy atom. The highest BCUT2D eigenvalue weighted by atomic mass is 16.2. The van der Waals surface area contributed by atoms with E-state index >= 15 is 0 Å². The maximum atomic E-state index is 12.6. The first kappa shape index (κ1) is 15.3. The number of carbonyl (C=O) groups excluding carboxylic acids is 2. The van der Waals surface area contributed by atoms with E-state index in [4.69, 9.17) is 0 Å². The summed E-state index contributed by atoms with van der Waals surface area (Å²) < 4.78 is 3.14. The van der Waals surface area contributed by atoms with Gasteiger partial charge in [-0.1, -0.05) is 0 Å². The lowest BCUT2D eigenvalue weighted by atomic mass is 10.1. The van der Waals surface area contributed by atoms with Crippen molar-refractivity contribution in [2.24, 2.45) is 14.1 Å². The van der Waals surface area contributed by atoms with Gasteiger partial charge < -0.3 is 9.80 Å². The van der Waals surface area contributed by atoms with Crippen LogP contribution in [0, 0.1) is 0 Å². The van der Waals surface area contributed by atoms with Gasteiger partial charge in [-0.15, -0.1) is 0 Å². The first-order chi connectivity index (χ1) is 11.0. The molecular weight excluding hydrogens is 296 g/mol. The summed E-state index contributed by atoms with van der Waals surface area (Å²) in [6.07, 6.45) is 3.22. The van der Waals surface area contributed by atoms with Crippen molar-refractivity contribution in [3.63, 3.8) is 0 Å². The number of likely N-dealkylation sites (N-methyl/N-ethyl adjacent to an activating group) is 1. The van der Waals surface area contributed by atoms with Gasteiger partial charge in [0.2, 0.25) is 0 Å². The van der Waals surface area contributed by atoms with Crippen molar-refractivity contribution in [3.8, 4) is 0 Å². The predicted octanol–water partition coefficient (Wildman–Crippen LogP) is 0.140. The van der Waals surface area contributed by atoms with E-state index < -0.39 is 0 Å². The first-order valence-corrected chi connectivity index (χ1v) is 7.59. The minimum Gasteiger partial charge on any atom is -0.333 e. The molecule has 2 aromatic heterocycles. The van der Waals surface area contributed by atoms with E-state index in [1.807, 2.05) is 6.92 Å². The molecule has 1 aliphatic rings. The summed E-state index contributed by atoms with van der Waals surface area (Å²) in [5, 5.41) is 8.05. The summed E-state index contributed by atoms with van der Waals surface area (Å²) in [6, 6.07) is 3.45. The molecule has 0 spiro atoms. The molecule has 0 unspecified atom stereocenters. The van der Waals surface area contributed by atoms with Gasteiger partial charge in [-0.25, -0.2) is 0 Å². The fraction of sp³-hybridized carbons (Fsp3) is 0.467. The zero-order chi connectivity index (χ0) is 16.6. The second-order valence-electron chi connectivity index (χ2n) is 5.64. The van der Waals surface area contributed by atoms with Crippen LogP contribution in [-0.4, -0.2) is 66.9 Å². The fourth-order valence-electron chi connectivity index (χ4n) is 2.86. The van der Waals surface area contributed by atoms with E-state index in [0.29, 0.717) is 31.0 Å². The molecule has 1 fully saturated rings. The molecule has 8 heteroatoms. The lowest BCUT2D eigenvalue weighted by Gasteiger charge is -2.44. The molecule has 2 aromatic rings. The lowest BCUT2D eigenvalue weighted by Crippen LogP contribution is -2.62. The summed E-state index contributed by atoms with van der Waals surface area (Å²) in [5.74, 6) is -0.101. The summed E-state index contributed by atoms with van der Waals surface area (Å²) >= 11 is 0. The highest BCUT2D eigenvalue weighted by Gasteiger charge is 2.38. The summed E-state index contributed by atoms with van der Waals surface area (Å²) in [4.78, 5) is 28.5. The van der Waals surface area contributed by atoms with Crippen LogP contribution >= 0.6 is 0 Å². The fourth-order valence-corrected chi connectivity index (χ4v) is 2.86. The second-order valence-corrected chi connectivity index (χ2v) is 5.64. The number of hydrogen-bond donors (Lipinski definition) is 0. The third-order valence-corrected chi connectivity index (χ3v) is 4.27. The number of aryl methyl sites for hydroxylation is 2. The molecule has 23 heavy (non-hydrogen) atoms. The molecule has 0 bridgehead atoms. The van der Waals surface area contributed by atoms with E-state index in [1.165, 1.54) is 0 Å². The Labute approximate surface area is 134 Å². The van der Waals surface area contributed by atoms with Crippen molar-refractivity contribution in [1.82, 2.24) is 29.4 Å². The molecule has 1 aliphatic heterocycles. The largest absolute Gasteiger partial charge is 0.333 e. The second kappa shape index (κ2) is 5.86. The Hall–Kier alpha value is -2.64. The highest BCUT2D eigenvalue weighted by Crippen LogP contribution is 2.19.